The quantitative estimate of drug-likeness (QED) is 0.473. The molecule has 0 saturated carbocycles. The van der Waals surface area contributed by atoms with E-state index in [4.69, 9.17) is 11.6 Å². The van der Waals surface area contributed by atoms with Gasteiger partial charge in [-0.3, -0.25) is 13.9 Å². The summed E-state index contributed by atoms with van der Waals surface area (Å²) in [6, 6.07) is 12.0. The van der Waals surface area contributed by atoms with Crippen molar-refractivity contribution in [3.63, 3.8) is 0 Å². The molecule has 0 aliphatic carbocycles. The van der Waals surface area contributed by atoms with Crippen LogP contribution >= 0.6 is 11.6 Å². The van der Waals surface area contributed by atoms with E-state index < -0.39 is 16.1 Å². The first-order valence-corrected chi connectivity index (χ1v) is 13.9. The minimum Gasteiger partial charge on any atom is -0.352 e. The topological polar surface area (TPSA) is 86.8 Å². The number of anilines is 1. The molecule has 0 aromatic heterocycles. The lowest BCUT2D eigenvalue weighted by Gasteiger charge is -2.30. The monoisotopic (exact) mass is 521 g/mol. The number of amides is 2. The fourth-order valence-electron chi connectivity index (χ4n) is 3.87. The van der Waals surface area contributed by atoms with Gasteiger partial charge >= 0.3 is 0 Å². The second-order valence-corrected chi connectivity index (χ2v) is 11.6. The number of carbonyl (C=O) groups excluding carboxylic acids is 2. The second-order valence-electron chi connectivity index (χ2n) is 9.27. The fraction of sp³-hybridized carbons (Fsp3) is 0.462. The number of nitrogens with one attached hydrogen (secondary N) is 1. The lowest BCUT2D eigenvalue weighted by Crippen LogP contribution is -2.49. The third kappa shape index (κ3) is 8.85. The van der Waals surface area contributed by atoms with Gasteiger partial charge in [-0.2, -0.15) is 0 Å². The molecule has 0 fully saturated rings. The summed E-state index contributed by atoms with van der Waals surface area (Å²) in [5, 5.41) is 3.45. The Morgan fingerprint density at radius 3 is 2.09 bits per heavy atom. The highest BCUT2D eigenvalue weighted by Gasteiger charge is 2.27. The van der Waals surface area contributed by atoms with Crippen LogP contribution in [0.25, 0.3) is 0 Å². The van der Waals surface area contributed by atoms with Crippen LogP contribution in [-0.2, 0) is 26.2 Å². The highest BCUT2D eigenvalue weighted by molar-refractivity contribution is 7.92. The van der Waals surface area contributed by atoms with E-state index in [1.54, 1.807) is 19.1 Å². The van der Waals surface area contributed by atoms with Gasteiger partial charge < -0.3 is 10.2 Å². The molecule has 7 nitrogen and oxygen atoms in total. The number of benzene rings is 2. The van der Waals surface area contributed by atoms with Gasteiger partial charge in [0.25, 0.3) is 0 Å². The molecule has 0 aliphatic heterocycles. The van der Waals surface area contributed by atoms with Crippen molar-refractivity contribution in [2.75, 3.05) is 17.1 Å². The van der Waals surface area contributed by atoms with Gasteiger partial charge in [-0.15, -0.1) is 0 Å². The number of aryl methyl sites for hydroxylation is 2. The van der Waals surface area contributed by atoms with Crippen LogP contribution in [0.15, 0.2) is 42.5 Å². The SMILES string of the molecule is Cc1cc(C)cc(N(CCCC(=O)N(Cc2ccc(Cl)cc2)C(C)C(=O)NC(C)C)S(C)(=O)=O)c1. The molecule has 1 unspecified atom stereocenters. The van der Waals surface area contributed by atoms with E-state index in [0.717, 1.165) is 22.9 Å². The molecule has 0 spiro atoms. The average molecular weight is 522 g/mol. The molecule has 0 heterocycles. The summed E-state index contributed by atoms with van der Waals surface area (Å²) in [5.74, 6) is -0.462. The maximum Gasteiger partial charge on any atom is 0.242 e. The van der Waals surface area contributed by atoms with E-state index >= 15 is 0 Å². The summed E-state index contributed by atoms with van der Waals surface area (Å²) in [4.78, 5) is 27.5. The largest absolute Gasteiger partial charge is 0.352 e. The number of sulfonamides is 1. The zero-order valence-corrected chi connectivity index (χ0v) is 22.9. The molecule has 2 aromatic rings. The summed E-state index contributed by atoms with van der Waals surface area (Å²) < 4.78 is 26.3. The van der Waals surface area contributed by atoms with Crippen LogP contribution in [0, 0.1) is 13.8 Å². The van der Waals surface area contributed by atoms with Gasteiger partial charge in [0, 0.05) is 30.6 Å². The van der Waals surface area contributed by atoms with Gasteiger partial charge in [-0.25, -0.2) is 8.42 Å². The number of carbonyl (C=O) groups is 2. The number of hydrogen-bond donors (Lipinski definition) is 1. The molecule has 2 amide bonds. The highest BCUT2D eigenvalue weighted by Crippen LogP contribution is 2.22. The molecule has 1 N–H and O–H groups in total. The zero-order valence-electron chi connectivity index (χ0n) is 21.3. The van der Waals surface area contributed by atoms with Crippen LogP contribution in [0.3, 0.4) is 0 Å². The lowest BCUT2D eigenvalue weighted by molar-refractivity contribution is -0.140. The first-order chi connectivity index (χ1) is 16.3. The Morgan fingerprint density at radius 1 is 1.00 bits per heavy atom. The van der Waals surface area contributed by atoms with Crippen LogP contribution in [-0.4, -0.2) is 50.0 Å². The van der Waals surface area contributed by atoms with Gasteiger partial charge in [0.15, 0.2) is 0 Å². The van der Waals surface area contributed by atoms with Crippen molar-refractivity contribution >= 4 is 39.1 Å². The Hall–Kier alpha value is -2.58. The van der Waals surface area contributed by atoms with Crippen LogP contribution in [0.2, 0.25) is 5.02 Å². The molecule has 2 aromatic carbocycles. The minimum atomic E-state index is -3.53. The van der Waals surface area contributed by atoms with Crippen molar-refractivity contribution in [2.24, 2.45) is 0 Å². The van der Waals surface area contributed by atoms with E-state index in [9.17, 15) is 18.0 Å². The van der Waals surface area contributed by atoms with Crippen LogP contribution in [0.1, 0.15) is 50.3 Å². The number of nitrogens with zero attached hydrogens (tertiary/aromatic N) is 2. The summed E-state index contributed by atoms with van der Waals surface area (Å²) in [6.45, 7) is 9.66. The van der Waals surface area contributed by atoms with E-state index in [0.29, 0.717) is 17.1 Å². The Morgan fingerprint density at radius 2 is 1.57 bits per heavy atom. The van der Waals surface area contributed by atoms with Crippen LogP contribution in [0.4, 0.5) is 5.69 Å². The van der Waals surface area contributed by atoms with Gasteiger partial charge in [0.1, 0.15) is 6.04 Å². The maximum absolute atomic E-state index is 13.3. The number of rotatable bonds is 11. The zero-order chi connectivity index (χ0) is 26.3. The van der Waals surface area contributed by atoms with E-state index in [1.165, 1.54) is 9.21 Å². The predicted octanol–water partition coefficient (Wildman–Crippen LogP) is 4.44. The Balaban J connectivity index is 2.19. The Bertz CT molecular complexity index is 1110. The normalized spacial score (nSPS) is 12.3. The predicted molar refractivity (Wildman–Crippen MR) is 142 cm³/mol. The minimum absolute atomic E-state index is 0.0569. The smallest absolute Gasteiger partial charge is 0.242 e. The summed E-state index contributed by atoms with van der Waals surface area (Å²) >= 11 is 5.99. The molecule has 0 radical (unpaired) electrons. The molecule has 192 valence electrons. The Labute approximate surface area is 214 Å². The van der Waals surface area contributed by atoms with Gasteiger partial charge in [-0.1, -0.05) is 29.8 Å². The maximum atomic E-state index is 13.3. The molecule has 35 heavy (non-hydrogen) atoms. The summed E-state index contributed by atoms with van der Waals surface area (Å²) in [6.07, 6.45) is 1.58. The number of hydrogen-bond acceptors (Lipinski definition) is 4. The molecule has 2 rings (SSSR count). The third-order valence-electron chi connectivity index (χ3n) is 5.51. The fourth-order valence-corrected chi connectivity index (χ4v) is 4.95. The van der Waals surface area contributed by atoms with Crippen molar-refractivity contribution in [3.05, 3.63) is 64.2 Å². The van der Waals surface area contributed by atoms with Crippen molar-refractivity contribution in [1.29, 1.82) is 0 Å². The highest BCUT2D eigenvalue weighted by atomic mass is 35.5. The van der Waals surface area contributed by atoms with Crippen molar-refractivity contribution in [3.8, 4) is 0 Å². The molecule has 9 heteroatoms. The van der Waals surface area contributed by atoms with E-state index in [1.807, 2.05) is 58.0 Å². The molecular formula is C26H36ClN3O4S. The van der Waals surface area contributed by atoms with Crippen molar-refractivity contribution in [2.45, 2.75) is 66.1 Å². The second kappa shape index (κ2) is 12.4. The molecule has 0 saturated heterocycles. The molecular weight excluding hydrogens is 486 g/mol. The molecule has 0 aliphatic rings. The lowest BCUT2D eigenvalue weighted by atomic mass is 10.1. The average Bonchev–Trinajstić information content (AvgIpc) is 2.73. The first kappa shape index (κ1) is 28.7. The van der Waals surface area contributed by atoms with Crippen molar-refractivity contribution in [1.82, 2.24) is 10.2 Å². The molecule has 0 bridgehead atoms. The first-order valence-electron chi connectivity index (χ1n) is 11.7. The van der Waals surface area contributed by atoms with E-state index in [2.05, 4.69) is 5.32 Å². The number of halogens is 1. The van der Waals surface area contributed by atoms with Crippen LogP contribution in [0.5, 0.6) is 0 Å². The van der Waals surface area contributed by atoms with Gasteiger partial charge in [0.2, 0.25) is 21.8 Å². The van der Waals surface area contributed by atoms with E-state index in [-0.39, 0.29) is 37.4 Å². The van der Waals surface area contributed by atoms with Crippen LogP contribution < -0.4 is 9.62 Å². The Kier molecular flexibility index (Phi) is 10.2. The van der Waals surface area contributed by atoms with Gasteiger partial charge in [-0.05, 0) is 82.0 Å². The standard InChI is InChI=1S/C26H36ClN3O4S/c1-18(2)28-26(32)21(5)29(17-22-9-11-23(27)12-10-22)25(31)8-7-13-30(35(6,33)34)24-15-19(3)14-20(4)16-24/h9-12,14-16,18,21H,7-8,13,17H2,1-6H3,(H,28,32). The molecule has 1 atom stereocenters. The third-order valence-corrected chi connectivity index (χ3v) is 6.96. The summed E-state index contributed by atoms with van der Waals surface area (Å²) in [7, 11) is -3.53. The van der Waals surface area contributed by atoms with Crippen molar-refractivity contribution < 1.29 is 18.0 Å². The summed E-state index contributed by atoms with van der Waals surface area (Å²) in [5.41, 5.74) is 3.35. The van der Waals surface area contributed by atoms with Gasteiger partial charge in [0.05, 0.1) is 11.9 Å².